The van der Waals surface area contributed by atoms with Crippen molar-refractivity contribution >= 4 is 7.85 Å². The van der Waals surface area contributed by atoms with Crippen molar-refractivity contribution in [1.29, 1.82) is 0 Å². The van der Waals surface area contributed by atoms with Crippen LogP contribution in [-0.2, 0) is 0 Å². The van der Waals surface area contributed by atoms with E-state index in [1.807, 2.05) is 0 Å². The molecule has 0 heterocycles. The minimum absolute atomic E-state index is 0.0597. The minimum atomic E-state index is 0.0597. The maximum Gasteiger partial charge on any atom is 0.0755 e. The average Bonchev–Trinajstić information content (AvgIpc) is 2.55. The zero-order valence-electron chi connectivity index (χ0n) is 18.6. The number of hydrogen-bond acceptors (Lipinski definition) is 0. The van der Waals surface area contributed by atoms with Gasteiger partial charge in [-0.1, -0.05) is 43.8 Å². The predicted octanol–water partition coefficient (Wildman–Crippen LogP) is 8.06. The van der Waals surface area contributed by atoms with E-state index in [9.17, 15) is 0 Å². The highest BCUT2D eigenvalue weighted by Crippen LogP contribution is 2.35. The van der Waals surface area contributed by atoms with Gasteiger partial charge >= 0.3 is 0 Å². The molecule has 0 saturated carbocycles. The molecule has 0 aromatic heterocycles. The van der Waals surface area contributed by atoms with Gasteiger partial charge in [-0.15, -0.1) is 0 Å². The standard InChI is InChI=1S/C24H39B/c1-12-22(13-2)17(7)18(8)23(14-3)20(10)24(16(6)15(4)5)19(9)21(11)25/h12,21H,13-14H2,1-11H3/b18-17-,22-12?,23-20+,24-19+. The van der Waals surface area contributed by atoms with E-state index < -0.39 is 0 Å². The molecular weight excluding hydrogens is 299 g/mol. The molecule has 0 aromatic carbocycles. The first-order valence-electron chi connectivity index (χ1n) is 9.69. The Morgan fingerprint density at radius 2 is 1.32 bits per heavy atom. The molecule has 138 valence electrons. The largest absolute Gasteiger partial charge is 0.0842 e. The van der Waals surface area contributed by atoms with E-state index in [-0.39, 0.29) is 5.82 Å². The maximum atomic E-state index is 6.26. The Labute approximate surface area is 159 Å². The van der Waals surface area contributed by atoms with Gasteiger partial charge in [-0.05, 0) is 107 Å². The molecule has 0 aromatic rings. The molecule has 0 spiro atoms. The molecule has 0 amide bonds. The summed E-state index contributed by atoms with van der Waals surface area (Å²) in [6.45, 7) is 24.3. The van der Waals surface area contributed by atoms with E-state index in [1.54, 1.807) is 0 Å². The summed E-state index contributed by atoms with van der Waals surface area (Å²) in [4.78, 5) is 0. The van der Waals surface area contributed by atoms with Gasteiger partial charge in [0.1, 0.15) is 0 Å². The highest BCUT2D eigenvalue weighted by atomic mass is 14.2. The van der Waals surface area contributed by atoms with Crippen LogP contribution in [0.3, 0.4) is 0 Å². The second kappa shape index (κ2) is 10.7. The maximum absolute atomic E-state index is 6.26. The van der Waals surface area contributed by atoms with Crippen LogP contribution < -0.4 is 0 Å². The molecule has 0 rings (SSSR count). The normalized spacial score (nSPS) is 16.7. The quantitative estimate of drug-likeness (QED) is 0.325. The summed E-state index contributed by atoms with van der Waals surface area (Å²) < 4.78 is 0. The SMILES string of the molecule is [B]C(C)/C(C)=C(C(C)=C(C)C)/C(C)=C(CC)/C(C)=C(/C)C(=CC)CC. The lowest BCUT2D eigenvalue weighted by atomic mass is 9.76. The van der Waals surface area contributed by atoms with Gasteiger partial charge < -0.3 is 0 Å². The molecule has 0 bridgehead atoms. The van der Waals surface area contributed by atoms with Crippen LogP contribution in [-0.4, -0.2) is 7.85 Å². The Bertz CT molecular complexity index is 627. The van der Waals surface area contributed by atoms with E-state index in [0.717, 1.165) is 12.8 Å². The van der Waals surface area contributed by atoms with Gasteiger partial charge in [0.25, 0.3) is 0 Å². The molecule has 0 nitrogen and oxygen atoms in total. The van der Waals surface area contributed by atoms with Gasteiger partial charge in [0.15, 0.2) is 0 Å². The van der Waals surface area contributed by atoms with Crippen molar-refractivity contribution in [2.45, 2.75) is 94.8 Å². The predicted molar refractivity (Wildman–Crippen MR) is 117 cm³/mol. The van der Waals surface area contributed by atoms with Gasteiger partial charge in [0, 0.05) is 0 Å². The highest BCUT2D eigenvalue weighted by Gasteiger charge is 2.16. The van der Waals surface area contributed by atoms with E-state index in [0.29, 0.717) is 0 Å². The van der Waals surface area contributed by atoms with Crippen molar-refractivity contribution in [3.63, 3.8) is 0 Å². The fourth-order valence-electron chi connectivity index (χ4n) is 3.47. The first kappa shape index (κ1) is 23.8. The van der Waals surface area contributed by atoms with Crippen LogP contribution in [0.1, 0.15) is 89.0 Å². The molecule has 0 aliphatic rings. The summed E-state index contributed by atoms with van der Waals surface area (Å²) in [5.74, 6) is 0.0597. The number of rotatable bonds is 7. The fourth-order valence-corrected chi connectivity index (χ4v) is 3.47. The Morgan fingerprint density at radius 3 is 1.64 bits per heavy atom. The summed E-state index contributed by atoms with van der Waals surface area (Å²) >= 11 is 0. The second-order valence-corrected chi connectivity index (χ2v) is 7.35. The van der Waals surface area contributed by atoms with Gasteiger partial charge in [-0.2, -0.15) is 0 Å². The van der Waals surface area contributed by atoms with Crippen molar-refractivity contribution in [2.75, 3.05) is 0 Å². The van der Waals surface area contributed by atoms with Crippen molar-refractivity contribution in [2.24, 2.45) is 0 Å². The van der Waals surface area contributed by atoms with Crippen LogP contribution in [0.25, 0.3) is 0 Å². The third-order valence-electron chi connectivity index (χ3n) is 5.61. The Balaban J connectivity index is 6.79. The van der Waals surface area contributed by atoms with Gasteiger partial charge in [0.2, 0.25) is 0 Å². The van der Waals surface area contributed by atoms with Crippen LogP contribution in [0.4, 0.5) is 0 Å². The number of hydrogen-bond donors (Lipinski definition) is 0. The topological polar surface area (TPSA) is 0 Å². The summed E-state index contributed by atoms with van der Waals surface area (Å²) in [6.07, 6.45) is 4.35. The first-order valence-corrected chi connectivity index (χ1v) is 9.69. The van der Waals surface area contributed by atoms with Gasteiger partial charge in [0.05, 0.1) is 7.85 Å². The molecule has 25 heavy (non-hydrogen) atoms. The summed E-state index contributed by atoms with van der Waals surface area (Å²) in [7, 11) is 6.26. The third-order valence-corrected chi connectivity index (χ3v) is 5.61. The second-order valence-electron chi connectivity index (χ2n) is 7.35. The van der Waals surface area contributed by atoms with Crippen LogP contribution in [0, 0.1) is 0 Å². The molecule has 2 radical (unpaired) electrons. The minimum Gasteiger partial charge on any atom is -0.0842 e. The Morgan fingerprint density at radius 1 is 0.800 bits per heavy atom. The first-order chi connectivity index (χ1) is 11.5. The highest BCUT2D eigenvalue weighted by molar-refractivity contribution is 6.13. The lowest BCUT2D eigenvalue weighted by Gasteiger charge is -2.23. The lowest BCUT2D eigenvalue weighted by Crippen LogP contribution is -2.04. The molecule has 1 atom stereocenters. The van der Waals surface area contributed by atoms with Crippen molar-refractivity contribution in [3.05, 3.63) is 56.2 Å². The summed E-state index contributed by atoms with van der Waals surface area (Å²) in [6, 6.07) is 0. The zero-order chi connectivity index (χ0) is 19.9. The molecule has 1 unspecified atom stereocenters. The monoisotopic (exact) mass is 338 g/mol. The molecule has 0 aliphatic heterocycles. The van der Waals surface area contributed by atoms with E-state index in [2.05, 4.69) is 82.2 Å². The molecule has 0 saturated heterocycles. The van der Waals surface area contributed by atoms with Crippen LogP contribution in [0.5, 0.6) is 0 Å². The average molecular weight is 338 g/mol. The smallest absolute Gasteiger partial charge is 0.0755 e. The lowest BCUT2D eigenvalue weighted by molar-refractivity contribution is 0.997. The third kappa shape index (κ3) is 5.91. The Hall–Kier alpha value is -1.24. The summed E-state index contributed by atoms with van der Waals surface area (Å²) in [5, 5.41) is 0. The molecular formula is C24H39B. The van der Waals surface area contributed by atoms with E-state index in [1.165, 1.54) is 50.2 Å². The van der Waals surface area contributed by atoms with Crippen molar-refractivity contribution in [1.82, 2.24) is 0 Å². The summed E-state index contributed by atoms with van der Waals surface area (Å²) in [5.41, 5.74) is 12.4. The van der Waals surface area contributed by atoms with Crippen molar-refractivity contribution < 1.29 is 0 Å². The molecule has 0 aliphatic carbocycles. The van der Waals surface area contributed by atoms with Gasteiger partial charge in [-0.3, -0.25) is 0 Å². The number of allylic oxidation sites excluding steroid dienone is 10. The van der Waals surface area contributed by atoms with E-state index >= 15 is 0 Å². The molecule has 0 fully saturated rings. The van der Waals surface area contributed by atoms with Crippen LogP contribution in [0.2, 0.25) is 5.82 Å². The molecule has 0 N–H and O–H groups in total. The zero-order valence-corrected chi connectivity index (χ0v) is 18.6. The van der Waals surface area contributed by atoms with Crippen molar-refractivity contribution in [3.8, 4) is 0 Å². The van der Waals surface area contributed by atoms with Crippen LogP contribution in [0.15, 0.2) is 56.2 Å². The van der Waals surface area contributed by atoms with E-state index in [4.69, 9.17) is 7.85 Å². The van der Waals surface area contributed by atoms with Crippen LogP contribution >= 0.6 is 0 Å². The van der Waals surface area contributed by atoms with Gasteiger partial charge in [-0.25, -0.2) is 0 Å². The Kier molecular flexibility index (Phi) is 10.2. The molecule has 1 heteroatoms. The fraction of sp³-hybridized carbons (Fsp3) is 0.583.